The lowest BCUT2D eigenvalue weighted by Crippen LogP contribution is -2.28. The first-order valence-electron chi connectivity index (χ1n) is 13.3. The zero-order chi connectivity index (χ0) is 27.9. The van der Waals surface area contributed by atoms with Crippen molar-refractivity contribution >= 4 is 80.3 Å². The molecular weight excluding hydrogens is 552 g/mol. The van der Waals surface area contributed by atoms with Gasteiger partial charge in [0.2, 0.25) is 23.6 Å². The molecule has 2 saturated carbocycles. The molecule has 4 amide bonds. The Hall–Kier alpha value is -3.52. The van der Waals surface area contributed by atoms with Crippen LogP contribution in [0.3, 0.4) is 0 Å². The number of amides is 4. The Balaban J connectivity index is 1.09. The molecule has 4 aliphatic rings. The maximum absolute atomic E-state index is 12.6. The van der Waals surface area contributed by atoms with Crippen LogP contribution in [0.2, 0.25) is 0 Å². The number of amidine groups is 2. The van der Waals surface area contributed by atoms with Crippen molar-refractivity contribution in [3.63, 3.8) is 0 Å². The van der Waals surface area contributed by atoms with Gasteiger partial charge >= 0.3 is 0 Å². The second kappa shape index (κ2) is 13.2. The van der Waals surface area contributed by atoms with E-state index in [2.05, 4.69) is 41.7 Å². The average molecular weight is 583 g/mol. The number of carbonyl (C=O) groups is 4. The van der Waals surface area contributed by atoms with E-state index in [1.165, 1.54) is 23.5 Å². The highest BCUT2D eigenvalue weighted by molar-refractivity contribution is 8.16. The summed E-state index contributed by atoms with van der Waals surface area (Å²) >= 11 is 2.38. The number of nitrogens with one attached hydrogen (secondary N) is 4. The highest BCUT2D eigenvalue weighted by atomic mass is 32.2. The van der Waals surface area contributed by atoms with Gasteiger partial charge in [0.1, 0.15) is 10.5 Å². The number of benzene rings is 1. The molecule has 1 aromatic rings. The van der Waals surface area contributed by atoms with Crippen LogP contribution in [0, 0.1) is 0 Å². The highest BCUT2D eigenvalue weighted by Gasteiger charge is 2.33. The number of hydrogen-bond donors (Lipinski definition) is 4. The molecule has 14 heteroatoms. The molecule has 1 aromatic carbocycles. The van der Waals surface area contributed by atoms with Crippen molar-refractivity contribution in [3.8, 4) is 0 Å². The maximum atomic E-state index is 12.6. The SMILES string of the molecule is O=C(CC1SC(=NN=C2CCCC2)NC1=O)Nc1cccc(NC(=O)CC2SC(=NN=C3CCCC3)NC2=O)c1. The van der Waals surface area contributed by atoms with E-state index < -0.39 is 10.5 Å². The maximum Gasteiger partial charge on any atom is 0.240 e. The van der Waals surface area contributed by atoms with Crippen LogP contribution >= 0.6 is 23.5 Å². The number of nitrogens with zero attached hydrogens (tertiary/aromatic N) is 4. The van der Waals surface area contributed by atoms with Crippen molar-refractivity contribution in [3.05, 3.63) is 24.3 Å². The first kappa shape index (κ1) is 28.0. The molecule has 5 rings (SSSR count). The minimum absolute atomic E-state index is 0.0356. The van der Waals surface area contributed by atoms with Gasteiger partial charge in [-0.2, -0.15) is 10.2 Å². The zero-order valence-electron chi connectivity index (χ0n) is 21.8. The molecule has 0 spiro atoms. The second-order valence-electron chi connectivity index (χ2n) is 9.83. The molecule has 2 atom stereocenters. The molecule has 210 valence electrons. The van der Waals surface area contributed by atoms with Gasteiger partial charge in [-0.3, -0.25) is 19.2 Å². The van der Waals surface area contributed by atoms with Crippen molar-refractivity contribution in [2.45, 2.75) is 74.7 Å². The third-order valence-corrected chi connectivity index (χ3v) is 8.79. The minimum atomic E-state index is -0.599. The largest absolute Gasteiger partial charge is 0.326 e. The number of hydrogen-bond acceptors (Lipinski definition) is 10. The molecule has 2 unspecified atom stereocenters. The summed E-state index contributed by atoms with van der Waals surface area (Å²) in [5, 5.41) is 27.2. The molecule has 0 aromatic heterocycles. The third-order valence-electron chi connectivity index (χ3n) is 6.65. The fraction of sp³-hybridized carbons (Fsp3) is 0.462. The van der Waals surface area contributed by atoms with Crippen molar-refractivity contribution in [2.24, 2.45) is 20.4 Å². The predicted molar refractivity (Wildman–Crippen MR) is 159 cm³/mol. The molecule has 0 radical (unpaired) electrons. The minimum Gasteiger partial charge on any atom is -0.326 e. The Morgan fingerprint density at radius 3 is 1.57 bits per heavy atom. The van der Waals surface area contributed by atoms with Crippen molar-refractivity contribution in [1.82, 2.24) is 10.6 Å². The molecule has 2 saturated heterocycles. The lowest BCUT2D eigenvalue weighted by Gasteiger charge is -2.11. The third kappa shape index (κ3) is 7.78. The molecule has 4 N–H and O–H groups in total. The fourth-order valence-electron chi connectivity index (χ4n) is 4.61. The summed E-state index contributed by atoms with van der Waals surface area (Å²) in [5.74, 6) is -1.24. The molecule has 40 heavy (non-hydrogen) atoms. The topological polar surface area (TPSA) is 166 Å². The standard InChI is InChI=1S/C26H30N8O4S2/c35-21(13-19-23(37)29-25(39-19)33-31-15-6-1-2-7-15)27-17-10-5-11-18(12-17)28-22(36)14-20-24(38)30-26(40-20)34-32-16-8-3-4-9-16/h5,10-12,19-20H,1-4,6-9,13-14H2,(H,27,35)(H,28,36)(H,29,33,37)(H,30,34,38). The summed E-state index contributed by atoms with van der Waals surface area (Å²) in [7, 11) is 0. The summed E-state index contributed by atoms with van der Waals surface area (Å²) in [6.45, 7) is 0. The van der Waals surface area contributed by atoms with Crippen molar-refractivity contribution in [1.29, 1.82) is 0 Å². The van der Waals surface area contributed by atoms with Crippen LogP contribution in [0.25, 0.3) is 0 Å². The van der Waals surface area contributed by atoms with E-state index in [0.717, 1.165) is 62.8 Å². The van der Waals surface area contributed by atoms with Gasteiger partial charge in [-0.25, -0.2) is 0 Å². The Morgan fingerprint density at radius 1 is 0.725 bits per heavy atom. The summed E-state index contributed by atoms with van der Waals surface area (Å²) in [6.07, 6.45) is 8.10. The Bertz CT molecular complexity index is 1210. The normalized spacial score (nSPS) is 24.4. The van der Waals surface area contributed by atoms with Crippen molar-refractivity contribution in [2.75, 3.05) is 10.6 Å². The van der Waals surface area contributed by atoms with Gasteiger partial charge in [-0.05, 0) is 69.6 Å². The Morgan fingerprint density at radius 2 is 1.15 bits per heavy atom. The highest BCUT2D eigenvalue weighted by Crippen LogP contribution is 2.26. The molecule has 2 heterocycles. The summed E-state index contributed by atoms with van der Waals surface area (Å²) in [6, 6.07) is 6.69. The van der Waals surface area contributed by atoms with Gasteiger partial charge in [0, 0.05) is 35.6 Å². The lowest BCUT2D eigenvalue weighted by atomic mass is 10.2. The predicted octanol–water partition coefficient (Wildman–Crippen LogP) is 3.38. The Kier molecular flexibility index (Phi) is 9.26. The second-order valence-corrected chi connectivity index (χ2v) is 12.2. The number of thioether (sulfide) groups is 2. The van der Waals surface area contributed by atoms with E-state index in [4.69, 9.17) is 0 Å². The summed E-state index contributed by atoms with van der Waals surface area (Å²) < 4.78 is 0. The smallest absolute Gasteiger partial charge is 0.240 e. The number of carbonyl (C=O) groups excluding carboxylic acids is 4. The van der Waals surface area contributed by atoms with E-state index in [1.807, 2.05) is 0 Å². The molecule has 0 bridgehead atoms. The van der Waals surface area contributed by atoms with E-state index in [1.54, 1.807) is 24.3 Å². The van der Waals surface area contributed by atoms with E-state index >= 15 is 0 Å². The van der Waals surface area contributed by atoms with Crippen LogP contribution < -0.4 is 21.3 Å². The molecular formula is C26H30N8O4S2. The zero-order valence-corrected chi connectivity index (χ0v) is 23.4. The van der Waals surface area contributed by atoms with E-state index in [-0.39, 0.29) is 36.5 Å². The summed E-state index contributed by atoms with van der Waals surface area (Å²) in [5.41, 5.74) is 3.01. The molecule has 2 aliphatic carbocycles. The molecule has 12 nitrogen and oxygen atoms in total. The van der Waals surface area contributed by atoms with Crippen LogP contribution in [-0.2, 0) is 19.2 Å². The van der Waals surface area contributed by atoms with Crippen LogP contribution in [0.15, 0.2) is 44.7 Å². The number of rotatable bonds is 8. The molecule has 2 aliphatic heterocycles. The van der Waals surface area contributed by atoms with Crippen molar-refractivity contribution < 1.29 is 19.2 Å². The first-order valence-corrected chi connectivity index (χ1v) is 15.1. The van der Waals surface area contributed by atoms with Gasteiger partial charge in [0.25, 0.3) is 0 Å². The van der Waals surface area contributed by atoms with Gasteiger partial charge in [-0.1, -0.05) is 29.6 Å². The van der Waals surface area contributed by atoms with E-state index in [0.29, 0.717) is 21.7 Å². The van der Waals surface area contributed by atoms with Crippen LogP contribution in [0.1, 0.15) is 64.2 Å². The molecule has 4 fully saturated rings. The average Bonchev–Trinajstić information content (AvgIpc) is 3.72. The van der Waals surface area contributed by atoms with E-state index in [9.17, 15) is 19.2 Å². The van der Waals surface area contributed by atoms with Gasteiger partial charge in [0.15, 0.2) is 10.3 Å². The van der Waals surface area contributed by atoms with Gasteiger partial charge in [0.05, 0.1) is 0 Å². The Labute approximate surface area is 239 Å². The van der Waals surface area contributed by atoms with Gasteiger partial charge < -0.3 is 21.3 Å². The van der Waals surface area contributed by atoms with Crippen LogP contribution in [0.5, 0.6) is 0 Å². The first-order chi connectivity index (χ1) is 19.4. The fourth-order valence-corrected chi connectivity index (χ4v) is 6.44. The monoisotopic (exact) mass is 582 g/mol. The van der Waals surface area contributed by atoms with Gasteiger partial charge in [-0.15, -0.1) is 10.2 Å². The lowest BCUT2D eigenvalue weighted by molar-refractivity contribution is -0.122. The van der Waals surface area contributed by atoms with Crippen LogP contribution in [0.4, 0.5) is 11.4 Å². The summed E-state index contributed by atoms with van der Waals surface area (Å²) in [4.78, 5) is 49.8. The number of anilines is 2. The quantitative estimate of drug-likeness (QED) is 0.343. The van der Waals surface area contributed by atoms with Crippen LogP contribution in [-0.4, -0.2) is 55.9 Å².